The lowest BCUT2D eigenvalue weighted by atomic mass is 9.83. The van der Waals surface area contributed by atoms with Gasteiger partial charge in [-0.15, -0.1) is 6.58 Å². The van der Waals surface area contributed by atoms with E-state index in [-0.39, 0.29) is 11.9 Å². The largest absolute Gasteiger partial charge is 0.298 e. The molecular weight excluding hydrogens is 456 g/mol. The Kier molecular flexibility index (Phi) is 8.96. The lowest BCUT2D eigenvalue weighted by molar-refractivity contribution is 0.0533. The van der Waals surface area contributed by atoms with E-state index in [4.69, 9.17) is 0 Å². The molecule has 200 valence electrons. The average molecular weight is 503 g/mol. The van der Waals surface area contributed by atoms with E-state index < -0.39 is 0 Å². The van der Waals surface area contributed by atoms with Crippen molar-refractivity contribution in [2.75, 3.05) is 32.7 Å². The summed E-state index contributed by atoms with van der Waals surface area (Å²) in [5.41, 5.74) is 8.25. The SMILES string of the molecule is C=CCN1CCC2CCCC(C1)N2C(C1=CC(CC)=CCC1)c1ccc(C(=O)NN2CCCCC2)cc1. The maximum absolute atomic E-state index is 13.0. The van der Waals surface area contributed by atoms with Gasteiger partial charge < -0.3 is 0 Å². The van der Waals surface area contributed by atoms with Crippen LogP contribution in [0.3, 0.4) is 0 Å². The van der Waals surface area contributed by atoms with Crippen molar-refractivity contribution in [3.63, 3.8) is 0 Å². The zero-order valence-corrected chi connectivity index (χ0v) is 22.8. The minimum atomic E-state index is 0.0183. The predicted octanol–water partition coefficient (Wildman–Crippen LogP) is 6.03. The van der Waals surface area contributed by atoms with E-state index in [1.807, 2.05) is 0 Å². The molecule has 3 aliphatic heterocycles. The number of hydrazine groups is 1. The molecule has 3 saturated heterocycles. The topological polar surface area (TPSA) is 38.8 Å². The van der Waals surface area contributed by atoms with Gasteiger partial charge in [0.25, 0.3) is 5.91 Å². The summed E-state index contributed by atoms with van der Waals surface area (Å²) in [5.74, 6) is 0.0183. The number of allylic oxidation sites excluding steroid dienone is 3. The highest BCUT2D eigenvalue weighted by Gasteiger charge is 2.40. The van der Waals surface area contributed by atoms with Crippen molar-refractivity contribution < 1.29 is 4.79 Å². The molecule has 1 N–H and O–H groups in total. The van der Waals surface area contributed by atoms with Gasteiger partial charge in [0.15, 0.2) is 0 Å². The number of hydrogen-bond acceptors (Lipinski definition) is 4. The summed E-state index contributed by atoms with van der Waals surface area (Å²) in [4.78, 5) is 18.5. The molecule has 4 aliphatic rings. The van der Waals surface area contributed by atoms with E-state index in [1.165, 1.54) is 43.2 Å². The number of benzene rings is 1. The van der Waals surface area contributed by atoms with E-state index in [0.29, 0.717) is 12.1 Å². The summed E-state index contributed by atoms with van der Waals surface area (Å²) in [6.45, 7) is 11.5. The van der Waals surface area contributed by atoms with Crippen molar-refractivity contribution in [2.45, 2.75) is 89.3 Å². The molecule has 0 radical (unpaired) electrons. The van der Waals surface area contributed by atoms with E-state index in [0.717, 1.165) is 70.4 Å². The van der Waals surface area contributed by atoms with Crippen LogP contribution >= 0.6 is 0 Å². The van der Waals surface area contributed by atoms with Crippen molar-refractivity contribution in [1.82, 2.24) is 20.2 Å². The summed E-state index contributed by atoms with van der Waals surface area (Å²) < 4.78 is 0. The first-order valence-corrected chi connectivity index (χ1v) is 14.8. The Hall–Kier alpha value is -2.21. The van der Waals surface area contributed by atoms with Crippen LogP contribution in [0.15, 0.2) is 60.2 Å². The number of piperidine rings is 2. The second-order valence-electron chi connectivity index (χ2n) is 11.4. The molecule has 5 nitrogen and oxygen atoms in total. The van der Waals surface area contributed by atoms with Crippen LogP contribution in [0.1, 0.15) is 93.1 Å². The standard InChI is InChI=1S/C32H46N4O/c1-3-19-34-22-18-29-12-9-13-30(24-34)36(29)31(28-11-8-10-25(4-2)23-28)26-14-16-27(17-15-26)32(37)33-35-20-6-5-7-21-35/h3,10,14-17,23,29-31H,1,4-9,11-13,18-22,24H2,2H3,(H,33,37). The van der Waals surface area contributed by atoms with E-state index in [9.17, 15) is 4.79 Å². The lowest BCUT2D eigenvalue weighted by Crippen LogP contribution is -2.50. The number of rotatable bonds is 8. The Morgan fingerprint density at radius 2 is 1.84 bits per heavy atom. The van der Waals surface area contributed by atoms with Crippen molar-refractivity contribution in [1.29, 1.82) is 0 Å². The van der Waals surface area contributed by atoms with Crippen molar-refractivity contribution in [3.8, 4) is 0 Å². The van der Waals surface area contributed by atoms with Gasteiger partial charge in [0.05, 0.1) is 6.04 Å². The zero-order chi connectivity index (χ0) is 25.6. The number of nitrogens with zero attached hydrogens (tertiary/aromatic N) is 3. The third-order valence-corrected chi connectivity index (χ3v) is 8.93. The number of carbonyl (C=O) groups excluding carboxylic acids is 1. The molecule has 0 spiro atoms. The number of hydrogen-bond donors (Lipinski definition) is 1. The van der Waals surface area contributed by atoms with Crippen LogP contribution < -0.4 is 5.43 Å². The van der Waals surface area contributed by atoms with Gasteiger partial charge in [0.1, 0.15) is 0 Å². The van der Waals surface area contributed by atoms with Crippen molar-refractivity contribution in [2.24, 2.45) is 0 Å². The molecule has 3 heterocycles. The summed E-state index contributed by atoms with van der Waals surface area (Å²) in [6, 6.07) is 10.0. The molecule has 5 rings (SSSR count). The monoisotopic (exact) mass is 502 g/mol. The van der Waals surface area contributed by atoms with E-state index in [1.54, 1.807) is 5.57 Å². The number of nitrogens with one attached hydrogen (secondary N) is 1. The van der Waals surface area contributed by atoms with Crippen LogP contribution in [0.4, 0.5) is 0 Å². The Morgan fingerprint density at radius 3 is 2.59 bits per heavy atom. The molecule has 3 fully saturated rings. The molecule has 0 saturated carbocycles. The summed E-state index contributed by atoms with van der Waals surface area (Å²) in [5, 5.41) is 2.08. The molecule has 1 aliphatic carbocycles. The molecule has 1 aromatic carbocycles. The van der Waals surface area contributed by atoms with Gasteiger partial charge in [0.2, 0.25) is 0 Å². The molecule has 2 bridgehead atoms. The van der Waals surface area contributed by atoms with Gasteiger partial charge in [-0.05, 0) is 74.6 Å². The Labute approximate surface area is 224 Å². The molecule has 0 aromatic heterocycles. The zero-order valence-electron chi connectivity index (χ0n) is 22.8. The Balaban J connectivity index is 1.43. The Bertz CT molecular complexity index is 991. The van der Waals surface area contributed by atoms with Gasteiger partial charge in [0, 0.05) is 50.4 Å². The molecule has 1 aromatic rings. The molecule has 5 heteroatoms. The summed E-state index contributed by atoms with van der Waals surface area (Å²) >= 11 is 0. The minimum Gasteiger partial charge on any atom is -0.298 e. The average Bonchev–Trinajstić information content (AvgIpc) is 3.02. The summed E-state index contributed by atoms with van der Waals surface area (Å²) in [6.07, 6.45) is 19.0. The minimum absolute atomic E-state index is 0.0183. The molecule has 3 atom stereocenters. The smallest absolute Gasteiger partial charge is 0.265 e. The van der Waals surface area contributed by atoms with Crippen LogP contribution in [0.2, 0.25) is 0 Å². The third-order valence-electron chi connectivity index (χ3n) is 8.93. The fraction of sp³-hybridized carbons (Fsp3) is 0.594. The fourth-order valence-corrected chi connectivity index (χ4v) is 7.02. The highest BCUT2D eigenvalue weighted by molar-refractivity contribution is 5.93. The van der Waals surface area contributed by atoms with Gasteiger partial charge in [-0.1, -0.05) is 55.7 Å². The first kappa shape index (κ1) is 26.4. The highest BCUT2D eigenvalue weighted by atomic mass is 16.2. The number of fused-ring (bicyclic) bond motifs is 2. The van der Waals surface area contributed by atoms with Crippen LogP contribution in [0.25, 0.3) is 0 Å². The second kappa shape index (κ2) is 12.6. The van der Waals surface area contributed by atoms with E-state index in [2.05, 4.69) is 76.2 Å². The van der Waals surface area contributed by atoms with Gasteiger partial charge in [-0.3, -0.25) is 20.0 Å². The fourth-order valence-electron chi connectivity index (χ4n) is 7.02. The maximum Gasteiger partial charge on any atom is 0.265 e. The molecule has 3 unspecified atom stereocenters. The second-order valence-corrected chi connectivity index (χ2v) is 11.4. The van der Waals surface area contributed by atoms with Crippen LogP contribution in [0.5, 0.6) is 0 Å². The molecule has 37 heavy (non-hydrogen) atoms. The highest BCUT2D eigenvalue weighted by Crippen LogP contribution is 2.42. The number of amides is 1. The van der Waals surface area contributed by atoms with Gasteiger partial charge in [-0.25, -0.2) is 5.01 Å². The van der Waals surface area contributed by atoms with Gasteiger partial charge in [-0.2, -0.15) is 0 Å². The first-order chi connectivity index (χ1) is 18.2. The third kappa shape index (κ3) is 6.27. The maximum atomic E-state index is 13.0. The van der Waals surface area contributed by atoms with Gasteiger partial charge >= 0.3 is 0 Å². The summed E-state index contributed by atoms with van der Waals surface area (Å²) in [7, 11) is 0. The van der Waals surface area contributed by atoms with Crippen molar-refractivity contribution >= 4 is 5.91 Å². The molecular formula is C32H46N4O. The lowest BCUT2D eigenvalue weighted by Gasteiger charge is -2.47. The Morgan fingerprint density at radius 1 is 1.05 bits per heavy atom. The van der Waals surface area contributed by atoms with Crippen LogP contribution in [-0.4, -0.2) is 65.5 Å². The first-order valence-electron chi connectivity index (χ1n) is 14.8. The van der Waals surface area contributed by atoms with E-state index >= 15 is 0 Å². The van der Waals surface area contributed by atoms with Crippen molar-refractivity contribution in [3.05, 3.63) is 71.3 Å². The predicted molar refractivity (Wildman–Crippen MR) is 152 cm³/mol. The van der Waals surface area contributed by atoms with Crippen LogP contribution in [-0.2, 0) is 0 Å². The number of carbonyl (C=O) groups is 1. The normalized spacial score (nSPS) is 26.5. The molecule has 1 amide bonds. The van der Waals surface area contributed by atoms with Crippen LogP contribution in [0, 0.1) is 0 Å². The quantitative estimate of drug-likeness (QED) is 0.441.